The highest BCUT2D eigenvalue weighted by atomic mass is 19.1. The van der Waals surface area contributed by atoms with E-state index in [2.05, 4.69) is 5.32 Å². The molecule has 0 bridgehead atoms. The zero-order valence-corrected chi connectivity index (χ0v) is 15.0. The number of amides is 1. The molecule has 0 aliphatic rings. The minimum Gasteiger partial charge on any atom is -0.492 e. The van der Waals surface area contributed by atoms with Gasteiger partial charge in [0.2, 0.25) is 5.91 Å². The number of benzene rings is 2. The molecule has 0 saturated heterocycles. The van der Waals surface area contributed by atoms with E-state index in [4.69, 9.17) is 4.74 Å². The van der Waals surface area contributed by atoms with Crippen molar-refractivity contribution in [2.24, 2.45) is 0 Å². The van der Waals surface area contributed by atoms with Crippen LogP contribution in [0.4, 0.5) is 10.1 Å². The number of nitrogens with one attached hydrogen (secondary N) is 1. The van der Waals surface area contributed by atoms with Crippen molar-refractivity contribution in [3.05, 3.63) is 59.9 Å². The van der Waals surface area contributed by atoms with E-state index in [0.717, 1.165) is 12.0 Å². The first-order chi connectivity index (χ1) is 12.0. The summed E-state index contributed by atoms with van der Waals surface area (Å²) >= 11 is 0. The second kappa shape index (κ2) is 9.18. The number of likely N-dealkylation sites (N-methyl/N-ethyl adjacent to an activating group) is 1. The number of nitrogens with zero attached hydrogens (tertiary/aromatic N) is 1. The summed E-state index contributed by atoms with van der Waals surface area (Å²) < 4.78 is 18.5. The van der Waals surface area contributed by atoms with Gasteiger partial charge in [0, 0.05) is 6.54 Å². The number of ether oxygens (including phenoxy) is 1. The summed E-state index contributed by atoms with van der Waals surface area (Å²) in [5.74, 6) is 0.339. The summed E-state index contributed by atoms with van der Waals surface area (Å²) in [5, 5.41) is 2.93. The van der Waals surface area contributed by atoms with Crippen LogP contribution in [0.15, 0.2) is 48.5 Å². The Kier molecular flexibility index (Phi) is 6.95. The van der Waals surface area contributed by atoms with E-state index >= 15 is 0 Å². The molecule has 0 aliphatic heterocycles. The van der Waals surface area contributed by atoms with Crippen molar-refractivity contribution in [2.45, 2.75) is 26.3 Å². The van der Waals surface area contributed by atoms with E-state index in [1.807, 2.05) is 50.1 Å². The second-order valence-electron chi connectivity index (χ2n) is 5.95. The average molecular weight is 344 g/mol. The van der Waals surface area contributed by atoms with Crippen LogP contribution in [0.1, 0.15) is 19.4 Å². The number of hydrogen-bond donors (Lipinski definition) is 1. The van der Waals surface area contributed by atoms with Crippen molar-refractivity contribution in [3.8, 4) is 5.75 Å². The fourth-order valence-corrected chi connectivity index (χ4v) is 2.44. The van der Waals surface area contributed by atoms with Crippen molar-refractivity contribution in [1.29, 1.82) is 0 Å². The van der Waals surface area contributed by atoms with Crippen molar-refractivity contribution in [3.63, 3.8) is 0 Å². The summed E-state index contributed by atoms with van der Waals surface area (Å²) in [5.41, 5.74) is 1.72. The monoisotopic (exact) mass is 344 g/mol. The Labute approximate surface area is 148 Å². The van der Waals surface area contributed by atoms with Gasteiger partial charge in [-0.3, -0.25) is 9.69 Å². The molecule has 2 aromatic rings. The van der Waals surface area contributed by atoms with E-state index in [1.54, 1.807) is 12.1 Å². The number of para-hydroxylation sites is 2. The van der Waals surface area contributed by atoms with E-state index < -0.39 is 0 Å². The van der Waals surface area contributed by atoms with Crippen LogP contribution < -0.4 is 10.1 Å². The first-order valence-corrected chi connectivity index (χ1v) is 8.48. The topological polar surface area (TPSA) is 41.6 Å². The van der Waals surface area contributed by atoms with E-state index in [-0.39, 0.29) is 17.8 Å². The SMILES string of the molecule is CCOc1ccccc1NC(=O)C(C)N(C)CCc1ccc(F)cc1. The molecule has 2 rings (SSSR count). The largest absolute Gasteiger partial charge is 0.492 e. The fourth-order valence-electron chi connectivity index (χ4n) is 2.44. The Bertz CT molecular complexity index is 688. The maximum Gasteiger partial charge on any atom is 0.241 e. The summed E-state index contributed by atoms with van der Waals surface area (Å²) in [4.78, 5) is 14.5. The van der Waals surface area contributed by atoms with Crippen LogP contribution in [-0.4, -0.2) is 37.0 Å². The molecule has 1 N–H and O–H groups in total. The predicted molar refractivity (Wildman–Crippen MR) is 98.4 cm³/mol. The van der Waals surface area contributed by atoms with Crippen LogP contribution >= 0.6 is 0 Å². The van der Waals surface area contributed by atoms with Gasteiger partial charge in [0.15, 0.2) is 0 Å². The number of rotatable bonds is 8. The van der Waals surface area contributed by atoms with E-state index in [1.165, 1.54) is 12.1 Å². The zero-order chi connectivity index (χ0) is 18.2. The third-order valence-electron chi connectivity index (χ3n) is 4.15. The standard InChI is InChI=1S/C20H25FN2O2/c1-4-25-19-8-6-5-7-18(19)22-20(24)15(2)23(3)14-13-16-9-11-17(21)12-10-16/h5-12,15H,4,13-14H2,1-3H3,(H,22,24). The molecule has 1 atom stereocenters. The lowest BCUT2D eigenvalue weighted by Gasteiger charge is -2.24. The molecule has 134 valence electrons. The molecule has 0 aliphatic carbocycles. The molecule has 0 heterocycles. The van der Waals surface area contributed by atoms with Crippen LogP contribution in [0.3, 0.4) is 0 Å². The molecule has 1 unspecified atom stereocenters. The van der Waals surface area contributed by atoms with Crippen LogP contribution in [-0.2, 0) is 11.2 Å². The summed E-state index contributed by atoms with van der Waals surface area (Å²) in [6.45, 7) is 5.01. The van der Waals surface area contributed by atoms with Gasteiger partial charge in [-0.25, -0.2) is 4.39 Å². The van der Waals surface area contributed by atoms with Crippen molar-refractivity contribution in [1.82, 2.24) is 4.90 Å². The smallest absolute Gasteiger partial charge is 0.241 e. The predicted octanol–water partition coefficient (Wildman–Crippen LogP) is 3.73. The lowest BCUT2D eigenvalue weighted by Crippen LogP contribution is -2.40. The van der Waals surface area contributed by atoms with Gasteiger partial charge >= 0.3 is 0 Å². The summed E-state index contributed by atoms with van der Waals surface area (Å²) in [6, 6.07) is 13.6. The van der Waals surface area contributed by atoms with Gasteiger partial charge < -0.3 is 10.1 Å². The van der Waals surface area contributed by atoms with Crippen LogP contribution in [0.25, 0.3) is 0 Å². The molecule has 0 radical (unpaired) electrons. The number of hydrogen-bond acceptors (Lipinski definition) is 3. The maximum absolute atomic E-state index is 12.9. The fraction of sp³-hybridized carbons (Fsp3) is 0.350. The molecular weight excluding hydrogens is 319 g/mol. The Morgan fingerprint density at radius 1 is 1.20 bits per heavy atom. The lowest BCUT2D eigenvalue weighted by atomic mass is 10.1. The molecule has 0 fully saturated rings. The Morgan fingerprint density at radius 3 is 2.56 bits per heavy atom. The lowest BCUT2D eigenvalue weighted by molar-refractivity contribution is -0.120. The summed E-state index contributed by atoms with van der Waals surface area (Å²) in [7, 11) is 1.90. The quantitative estimate of drug-likeness (QED) is 0.793. The van der Waals surface area contributed by atoms with Gasteiger partial charge in [0.05, 0.1) is 18.3 Å². The maximum atomic E-state index is 12.9. The van der Waals surface area contributed by atoms with Gasteiger partial charge in [-0.2, -0.15) is 0 Å². The van der Waals surface area contributed by atoms with Crippen LogP contribution in [0, 0.1) is 5.82 Å². The minimum atomic E-state index is -0.296. The van der Waals surface area contributed by atoms with E-state index in [9.17, 15) is 9.18 Å². The first kappa shape index (κ1) is 18.9. The highest BCUT2D eigenvalue weighted by Gasteiger charge is 2.19. The molecule has 1 amide bonds. The molecule has 25 heavy (non-hydrogen) atoms. The molecule has 0 spiro atoms. The van der Waals surface area contributed by atoms with Crippen molar-refractivity contribution >= 4 is 11.6 Å². The van der Waals surface area contributed by atoms with Crippen molar-refractivity contribution in [2.75, 3.05) is 25.5 Å². The Balaban J connectivity index is 1.91. The highest BCUT2D eigenvalue weighted by molar-refractivity contribution is 5.95. The number of anilines is 1. The molecule has 4 nitrogen and oxygen atoms in total. The third-order valence-corrected chi connectivity index (χ3v) is 4.15. The molecule has 2 aromatic carbocycles. The van der Waals surface area contributed by atoms with Gasteiger partial charge in [-0.05, 0) is 57.1 Å². The second-order valence-corrected chi connectivity index (χ2v) is 5.95. The Morgan fingerprint density at radius 2 is 1.88 bits per heavy atom. The highest BCUT2D eigenvalue weighted by Crippen LogP contribution is 2.24. The third kappa shape index (κ3) is 5.57. The average Bonchev–Trinajstić information content (AvgIpc) is 2.62. The summed E-state index contributed by atoms with van der Waals surface area (Å²) in [6.07, 6.45) is 0.754. The van der Waals surface area contributed by atoms with Crippen LogP contribution in [0.2, 0.25) is 0 Å². The number of halogens is 1. The number of carbonyl (C=O) groups excluding carboxylic acids is 1. The Hall–Kier alpha value is -2.40. The van der Waals surface area contributed by atoms with Gasteiger partial charge in [0.1, 0.15) is 11.6 Å². The van der Waals surface area contributed by atoms with Gasteiger partial charge in [-0.1, -0.05) is 24.3 Å². The first-order valence-electron chi connectivity index (χ1n) is 8.48. The van der Waals surface area contributed by atoms with Gasteiger partial charge in [0.25, 0.3) is 0 Å². The minimum absolute atomic E-state index is 0.0891. The molecular formula is C20H25FN2O2. The van der Waals surface area contributed by atoms with Crippen molar-refractivity contribution < 1.29 is 13.9 Å². The molecule has 5 heteroatoms. The molecule has 0 saturated carbocycles. The number of carbonyl (C=O) groups is 1. The van der Waals surface area contributed by atoms with Crippen LogP contribution in [0.5, 0.6) is 5.75 Å². The molecule has 0 aromatic heterocycles. The normalized spacial score (nSPS) is 12.0. The zero-order valence-electron chi connectivity index (χ0n) is 15.0. The van der Waals surface area contributed by atoms with E-state index in [0.29, 0.717) is 24.6 Å². The van der Waals surface area contributed by atoms with Gasteiger partial charge in [-0.15, -0.1) is 0 Å².